The Morgan fingerprint density at radius 1 is 1.29 bits per heavy atom. The summed E-state index contributed by atoms with van der Waals surface area (Å²) in [7, 11) is 0. The molecule has 6 heteroatoms. The molecule has 3 aliphatic rings. The van der Waals surface area contributed by atoms with E-state index in [0.717, 1.165) is 24.2 Å². The van der Waals surface area contributed by atoms with Crippen molar-refractivity contribution in [1.29, 1.82) is 0 Å². The summed E-state index contributed by atoms with van der Waals surface area (Å²) in [6.07, 6.45) is 8.13. The number of benzene rings is 1. The van der Waals surface area contributed by atoms with Crippen LogP contribution in [0.25, 0.3) is 10.9 Å². The zero-order chi connectivity index (χ0) is 19.4. The molecule has 2 N–H and O–H groups in total. The molecule has 1 aromatic carbocycles. The highest BCUT2D eigenvalue weighted by Crippen LogP contribution is 2.58. The van der Waals surface area contributed by atoms with Gasteiger partial charge in [0.05, 0.1) is 10.9 Å². The summed E-state index contributed by atoms with van der Waals surface area (Å²) in [5, 5.41) is 3.82. The van der Waals surface area contributed by atoms with Gasteiger partial charge in [-0.25, -0.2) is 0 Å². The molecule has 1 heterocycles. The van der Waals surface area contributed by atoms with Gasteiger partial charge in [0.1, 0.15) is 0 Å². The molecule has 5 rings (SSSR count). The van der Waals surface area contributed by atoms with Crippen LogP contribution in [0.5, 0.6) is 0 Å². The van der Waals surface area contributed by atoms with Crippen LogP contribution in [0.3, 0.4) is 0 Å². The molecule has 146 valence electrons. The Balaban J connectivity index is 1.40. The average Bonchev–Trinajstić information content (AvgIpc) is 3.38. The maximum atomic E-state index is 12.9. The van der Waals surface area contributed by atoms with Gasteiger partial charge in [0.2, 0.25) is 0 Å². The van der Waals surface area contributed by atoms with Crippen molar-refractivity contribution < 1.29 is 4.79 Å². The summed E-state index contributed by atoms with van der Waals surface area (Å²) in [6.45, 7) is 4.03. The number of H-pyrrole nitrogens is 1. The van der Waals surface area contributed by atoms with Crippen LogP contribution in [0.1, 0.15) is 42.5 Å². The van der Waals surface area contributed by atoms with Crippen LogP contribution < -0.4 is 10.9 Å². The van der Waals surface area contributed by atoms with Crippen LogP contribution in [0, 0.1) is 28.4 Å². The highest BCUT2D eigenvalue weighted by molar-refractivity contribution is 7.71. The summed E-state index contributed by atoms with van der Waals surface area (Å²) in [5.41, 5.74) is 1.02. The molecule has 0 aliphatic heterocycles. The van der Waals surface area contributed by atoms with Gasteiger partial charge in [-0.15, -0.1) is 6.58 Å². The minimum Gasteiger partial charge on any atom is -0.349 e. The second-order valence-electron chi connectivity index (χ2n) is 8.63. The topological polar surface area (TPSA) is 66.9 Å². The predicted octanol–water partition coefficient (Wildman–Crippen LogP) is 3.80. The molecule has 3 fully saturated rings. The van der Waals surface area contributed by atoms with E-state index in [1.54, 1.807) is 24.3 Å². The maximum Gasteiger partial charge on any atom is 0.262 e. The number of rotatable bonds is 4. The first kappa shape index (κ1) is 17.9. The van der Waals surface area contributed by atoms with Crippen molar-refractivity contribution in [2.75, 3.05) is 0 Å². The molecule has 5 atom stereocenters. The first-order valence-corrected chi connectivity index (χ1v) is 10.7. The molecule has 0 radical (unpaired) electrons. The van der Waals surface area contributed by atoms with E-state index in [2.05, 4.69) is 16.9 Å². The van der Waals surface area contributed by atoms with Crippen molar-refractivity contribution in [3.05, 3.63) is 51.5 Å². The van der Waals surface area contributed by atoms with Gasteiger partial charge >= 0.3 is 0 Å². The van der Waals surface area contributed by atoms with E-state index >= 15 is 0 Å². The molecule has 2 aromatic rings. The third-order valence-electron chi connectivity index (χ3n) is 7.30. The summed E-state index contributed by atoms with van der Waals surface area (Å²) in [6, 6.07) is 5.49. The van der Waals surface area contributed by atoms with E-state index in [-0.39, 0.29) is 11.5 Å². The number of hydrogen-bond donors (Lipinski definition) is 2. The standard InChI is InChI=1S/C22H25N3O2S/c1-2-8-25-21(27)16-7-6-12(10-18(16)24-22(25)28)20(26)23-19-11-13-9-17(19)15-5-3-4-14(13)15/h2,6-7,10,13-15,17,19H,1,3-5,8-9,11H2,(H,23,26)(H,24,28)/t13-,14-,15+,17+,19-/m1/s1. The van der Waals surface area contributed by atoms with E-state index in [9.17, 15) is 9.59 Å². The number of fused-ring (bicyclic) bond motifs is 6. The maximum absolute atomic E-state index is 12.9. The third-order valence-corrected chi connectivity index (χ3v) is 7.62. The number of aromatic amines is 1. The third kappa shape index (κ3) is 2.69. The number of hydrogen-bond acceptors (Lipinski definition) is 3. The second-order valence-corrected chi connectivity index (χ2v) is 9.02. The number of carbonyl (C=O) groups excluding carboxylic acids is 1. The number of carbonyl (C=O) groups is 1. The lowest BCUT2D eigenvalue weighted by atomic mass is 9.79. The van der Waals surface area contributed by atoms with Gasteiger partial charge in [0.15, 0.2) is 4.77 Å². The Morgan fingerprint density at radius 3 is 2.93 bits per heavy atom. The van der Waals surface area contributed by atoms with Crippen molar-refractivity contribution in [3.63, 3.8) is 0 Å². The minimum atomic E-state index is -0.161. The molecule has 1 amide bonds. The van der Waals surface area contributed by atoms with E-state index in [1.807, 2.05) is 0 Å². The van der Waals surface area contributed by atoms with Crippen molar-refractivity contribution in [2.45, 2.75) is 44.7 Å². The first-order chi connectivity index (χ1) is 13.6. The lowest BCUT2D eigenvalue weighted by molar-refractivity contribution is 0.0901. The molecule has 5 nitrogen and oxygen atoms in total. The quantitative estimate of drug-likeness (QED) is 0.611. The van der Waals surface area contributed by atoms with Gasteiger partial charge in [-0.05, 0) is 79.8 Å². The first-order valence-electron chi connectivity index (χ1n) is 10.3. The Morgan fingerprint density at radius 2 is 2.11 bits per heavy atom. The molecule has 3 aliphatic carbocycles. The van der Waals surface area contributed by atoms with E-state index in [0.29, 0.717) is 39.7 Å². The molecule has 0 unspecified atom stereocenters. The molecular formula is C22H25N3O2S. The SMILES string of the molecule is C=CCn1c(=S)[nH]c2cc(C(=O)N[C@@H]3C[C@H]4C[C@H]3[C@H]3CCC[C@H]43)ccc2c1=O. The molecule has 0 spiro atoms. The van der Waals surface area contributed by atoms with Gasteiger partial charge < -0.3 is 10.3 Å². The normalized spacial score (nSPS) is 30.5. The van der Waals surface area contributed by atoms with Gasteiger partial charge in [-0.1, -0.05) is 12.5 Å². The average molecular weight is 396 g/mol. The Bertz CT molecular complexity index is 1090. The van der Waals surface area contributed by atoms with Gasteiger partial charge in [-0.2, -0.15) is 0 Å². The molecule has 2 bridgehead atoms. The van der Waals surface area contributed by atoms with Gasteiger partial charge in [-0.3, -0.25) is 14.2 Å². The van der Waals surface area contributed by atoms with Crippen LogP contribution in [0.2, 0.25) is 0 Å². The Labute approximate surface area is 168 Å². The van der Waals surface area contributed by atoms with E-state index in [1.165, 1.54) is 30.3 Å². The number of nitrogens with zero attached hydrogens (tertiary/aromatic N) is 1. The number of amides is 1. The highest BCUT2D eigenvalue weighted by Gasteiger charge is 2.54. The van der Waals surface area contributed by atoms with Crippen molar-refractivity contribution in [2.24, 2.45) is 23.7 Å². The molecular weight excluding hydrogens is 370 g/mol. The van der Waals surface area contributed by atoms with E-state index < -0.39 is 0 Å². The summed E-state index contributed by atoms with van der Waals surface area (Å²) in [4.78, 5) is 28.6. The second kappa shape index (κ2) is 6.69. The van der Waals surface area contributed by atoms with E-state index in [4.69, 9.17) is 12.2 Å². The van der Waals surface area contributed by atoms with Crippen LogP contribution in [0.4, 0.5) is 0 Å². The van der Waals surface area contributed by atoms with Crippen molar-refractivity contribution in [3.8, 4) is 0 Å². The highest BCUT2D eigenvalue weighted by atomic mass is 32.1. The fraction of sp³-hybridized carbons (Fsp3) is 0.500. The largest absolute Gasteiger partial charge is 0.349 e. The molecule has 3 saturated carbocycles. The number of nitrogens with one attached hydrogen (secondary N) is 2. The van der Waals surface area contributed by atoms with Crippen LogP contribution in [-0.4, -0.2) is 21.5 Å². The number of aromatic nitrogens is 2. The zero-order valence-corrected chi connectivity index (χ0v) is 16.6. The fourth-order valence-electron chi connectivity index (χ4n) is 6.18. The van der Waals surface area contributed by atoms with Crippen LogP contribution >= 0.6 is 12.2 Å². The van der Waals surface area contributed by atoms with Crippen molar-refractivity contribution in [1.82, 2.24) is 14.9 Å². The smallest absolute Gasteiger partial charge is 0.262 e. The zero-order valence-electron chi connectivity index (χ0n) is 15.8. The lowest BCUT2D eigenvalue weighted by Crippen LogP contribution is -2.42. The number of allylic oxidation sites excluding steroid dienone is 1. The fourth-order valence-corrected chi connectivity index (χ4v) is 6.44. The van der Waals surface area contributed by atoms with Gasteiger partial charge in [0.25, 0.3) is 11.5 Å². The Hall–Kier alpha value is -2.21. The summed E-state index contributed by atoms with van der Waals surface area (Å²) in [5.74, 6) is 3.14. The summed E-state index contributed by atoms with van der Waals surface area (Å²) < 4.78 is 1.81. The van der Waals surface area contributed by atoms with Crippen LogP contribution in [0.15, 0.2) is 35.6 Å². The monoisotopic (exact) mass is 395 g/mol. The molecule has 1 aromatic heterocycles. The Kier molecular flexibility index (Phi) is 4.27. The lowest BCUT2D eigenvalue weighted by Gasteiger charge is -2.32. The molecule has 28 heavy (non-hydrogen) atoms. The summed E-state index contributed by atoms with van der Waals surface area (Å²) >= 11 is 5.30. The minimum absolute atomic E-state index is 0.0522. The van der Waals surface area contributed by atoms with Crippen LogP contribution in [-0.2, 0) is 6.54 Å². The van der Waals surface area contributed by atoms with Gasteiger partial charge in [0, 0.05) is 18.2 Å². The predicted molar refractivity (Wildman–Crippen MR) is 112 cm³/mol. The molecule has 0 saturated heterocycles. The van der Waals surface area contributed by atoms with Crippen molar-refractivity contribution >= 4 is 29.0 Å².